The van der Waals surface area contributed by atoms with Crippen molar-refractivity contribution in [2.24, 2.45) is 5.92 Å². The van der Waals surface area contributed by atoms with Gasteiger partial charge in [-0.15, -0.1) is 0 Å². The molecule has 118 valence electrons. The van der Waals surface area contributed by atoms with Gasteiger partial charge in [0, 0.05) is 38.5 Å². The quantitative estimate of drug-likeness (QED) is 0.905. The lowest BCUT2D eigenvalue weighted by Gasteiger charge is -2.37. The molecular formula is C17H29N3O. The molecule has 2 rings (SSSR count). The highest BCUT2D eigenvalue weighted by molar-refractivity contribution is 5.42. The van der Waals surface area contributed by atoms with E-state index in [1.54, 1.807) is 0 Å². The summed E-state index contributed by atoms with van der Waals surface area (Å²) in [7, 11) is 1.81. The van der Waals surface area contributed by atoms with Crippen LogP contribution >= 0.6 is 0 Å². The fraction of sp³-hybridized carbons (Fsp3) is 0.706. The molecule has 0 aliphatic carbocycles. The summed E-state index contributed by atoms with van der Waals surface area (Å²) < 4.78 is 5.59. The minimum atomic E-state index is 0.308. The molecule has 2 atom stereocenters. The van der Waals surface area contributed by atoms with Crippen LogP contribution in [0.5, 0.6) is 0 Å². The SMILES string of the molecule is COC1CN(c2ccc(CNC(C)C)c(C)n2)CCC1C. The summed E-state index contributed by atoms with van der Waals surface area (Å²) in [6.45, 7) is 11.6. The Hall–Kier alpha value is -1.13. The first-order chi connectivity index (χ1) is 10.0. The van der Waals surface area contributed by atoms with E-state index in [2.05, 4.69) is 50.0 Å². The monoisotopic (exact) mass is 291 g/mol. The van der Waals surface area contributed by atoms with Crippen molar-refractivity contribution >= 4 is 5.82 Å². The van der Waals surface area contributed by atoms with Crippen molar-refractivity contribution in [3.63, 3.8) is 0 Å². The van der Waals surface area contributed by atoms with Crippen molar-refractivity contribution in [1.29, 1.82) is 0 Å². The fourth-order valence-corrected chi connectivity index (χ4v) is 2.80. The van der Waals surface area contributed by atoms with Gasteiger partial charge in [-0.3, -0.25) is 0 Å². The number of aryl methyl sites for hydroxylation is 1. The van der Waals surface area contributed by atoms with Gasteiger partial charge in [0.25, 0.3) is 0 Å². The lowest BCUT2D eigenvalue weighted by atomic mass is 9.96. The van der Waals surface area contributed by atoms with Gasteiger partial charge in [-0.25, -0.2) is 4.98 Å². The van der Waals surface area contributed by atoms with Gasteiger partial charge in [0.2, 0.25) is 0 Å². The second-order valence-electron chi connectivity index (χ2n) is 6.44. The maximum absolute atomic E-state index is 5.59. The first-order valence-corrected chi connectivity index (χ1v) is 7.99. The Balaban J connectivity index is 2.05. The molecule has 1 aliphatic rings. The number of piperidine rings is 1. The van der Waals surface area contributed by atoms with Crippen molar-refractivity contribution in [3.8, 4) is 0 Å². The molecular weight excluding hydrogens is 262 g/mol. The maximum Gasteiger partial charge on any atom is 0.128 e. The third-order valence-electron chi connectivity index (χ3n) is 4.40. The van der Waals surface area contributed by atoms with E-state index < -0.39 is 0 Å². The van der Waals surface area contributed by atoms with Crippen molar-refractivity contribution in [2.45, 2.75) is 52.8 Å². The molecule has 0 saturated carbocycles. The summed E-state index contributed by atoms with van der Waals surface area (Å²) in [6, 6.07) is 4.84. The molecule has 1 saturated heterocycles. The molecule has 0 radical (unpaired) electrons. The predicted octanol–water partition coefficient (Wildman–Crippen LogP) is 2.75. The highest BCUT2D eigenvalue weighted by Gasteiger charge is 2.26. The van der Waals surface area contributed by atoms with Gasteiger partial charge in [0.05, 0.1) is 6.10 Å². The van der Waals surface area contributed by atoms with Crippen LogP contribution in [0, 0.1) is 12.8 Å². The highest BCUT2D eigenvalue weighted by atomic mass is 16.5. The first kappa shape index (κ1) is 16.2. The number of nitrogens with zero attached hydrogens (tertiary/aromatic N) is 2. The van der Waals surface area contributed by atoms with Crippen LogP contribution in [0.1, 0.15) is 38.4 Å². The zero-order valence-electron chi connectivity index (χ0n) is 14.0. The van der Waals surface area contributed by atoms with Crippen LogP contribution in [0.4, 0.5) is 5.82 Å². The molecule has 2 unspecified atom stereocenters. The highest BCUT2D eigenvalue weighted by Crippen LogP contribution is 2.24. The van der Waals surface area contributed by atoms with Gasteiger partial charge in [0.15, 0.2) is 0 Å². The van der Waals surface area contributed by atoms with Gasteiger partial charge >= 0.3 is 0 Å². The molecule has 1 aromatic heterocycles. The van der Waals surface area contributed by atoms with E-state index in [1.807, 2.05) is 7.11 Å². The molecule has 4 heteroatoms. The zero-order chi connectivity index (χ0) is 15.4. The Morgan fingerprint density at radius 2 is 2.19 bits per heavy atom. The molecule has 0 aromatic carbocycles. The number of methoxy groups -OCH3 is 1. The average Bonchev–Trinajstić information content (AvgIpc) is 2.46. The van der Waals surface area contributed by atoms with Crippen LogP contribution < -0.4 is 10.2 Å². The third-order valence-corrected chi connectivity index (χ3v) is 4.40. The number of hydrogen-bond donors (Lipinski definition) is 1. The number of pyridine rings is 1. The minimum Gasteiger partial charge on any atom is -0.379 e. The standard InChI is InChI=1S/C17H29N3O/c1-12(2)18-10-15-6-7-17(19-14(15)4)20-9-8-13(3)16(11-20)21-5/h6-7,12-13,16,18H,8-11H2,1-5H3. The van der Waals surface area contributed by atoms with E-state index in [1.165, 1.54) is 5.56 Å². The van der Waals surface area contributed by atoms with Crippen LogP contribution in [-0.2, 0) is 11.3 Å². The van der Waals surface area contributed by atoms with Gasteiger partial charge in [-0.05, 0) is 30.9 Å². The lowest BCUT2D eigenvalue weighted by Crippen LogP contribution is -2.44. The van der Waals surface area contributed by atoms with E-state index in [-0.39, 0.29) is 0 Å². The second kappa shape index (κ2) is 7.23. The summed E-state index contributed by atoms with van der Waals surface area (Å²) in [4.78, 5) is 7.15. The number of aromatic nitrogens is 1. The van der Waals surface area contributed by atoms with Gasteiger partial charge in [-0.1, -0.05) is 26.8 Å². The Labute approximate surface area is 128 Å². The molecule has 21 heavy (non-hydrogen) atoms. The van der Waals surface area contributed by atoms with Crippen molar-refractivity contribution in [3.05, 3.63) is 23.4 Å². The number of nitrogens with one attached hydrogen (secondary N) is 1. The summed E-state index contributed by atoms with van der Waals surface area (Å²) in [5.41, 5.74) is 2.40. The Morgan fingerprint density at radius 3 is 2.81 bits per heavy atom. The summed E-state index contributed by atoms with van der Waals surface area (Å²) in [5.74, 6) is 1.71. The predicted molar refractivity (Wildman–Crippen MR) is 87.7 cm³/mol. The minimum absolute atomic E-state index is 0.308. The zero-order valence-corrected chi connectivity index (χ0v) is 14.0. The van der Waals surface area contributed by atoms with Gasteiger partial charge < -0.3 is 15.0 Å². The topological polar surface area (TPSA) is 37.4 Å². The van der Waals surface area contributed by atoms with E-state index >= 15 is 0 Å². The molecule has 1 N–H and O–H groups in total. The van der Waals surface area contributed by atoms with Crippen LogP contribution in [0.3, 0.4) is 0 Å². The number of hydrogen-bond acceptors (Lipinski definition) is 4. The van der Waals surface area contributed by atoms with E-state index in [0.29, 0.717) is 18.1 Å². The molecule has 1 aromatic rings. The molecule has 0 bridgehead atoms. The second-order valence-corrected chi connectivity index (χ2v) is 6.44. The van der Waals surface area contributed by atoms with E-state index in [9.17, 15) is 0 Å². The van der Waals surface area contributed by atoms with Crippen LogP contribution in [0.15, 0.2) is 12.1 Å². The van der Waals surface area contributed by atoms with Gasteiger partial charge in [-0.2, -0.15) is 0 Å². The third kappa shape index (κ3) is 4.17. The van der Waals surface area contributed by atoms with Crippen molar-refractivity contribution in [1.82, 2.24) is 10.3 Å². The average molecular weight is 291 g/mol. The molecule has 0 spiro atoms. The van der Waals surface area contributed by atoms with Crippen molar-refractivity contribution in [2.75, 3.05) is 25.1 Å². The maximum atomic E-state index is 5.59. The van der Waals surface area contributed by atoms with Crippen LogP contribution in [0.25, 0.3) is 0 Å². The number of anilines is 1. The molecule has 1 aliphatic heterocycles. The summed E-state index contributed by atoms with van der Waals surface area (Å²) >= 11 is 0. The summed E-state index contributed by atoms with van der Waals surface area (Å²) in [5, 5.41) is 3.45. The largest absolute Gasteiger partial charge is 0.379 e. The number of ether oxygens (including phenoxy) is 1. The van der Waals surface area contributed by atoms with Crippen LogP contribution in [0.2, 0.25) is 0 Å². The summed E-state index contributed by atoms with van der Waals surface area (Å²) in [6.07, 6.45) is 1.47. The normalized spacial score (nSPS) is 22.9. The Kier molecular flexibility index (Phi) is 5.59. The fourth-order valence-electron chi connectivity index (χ4n) is 2.80. The molecule has 1 fully saturated rings. The van der Waals surface area contributed by atoms with E-state index in [4.69, 9.17) is 9.72 Å². The molecule has 0 amide bonds. The van der Waals surface area contributed by atoms with E-state index in [0.717, 1.165) is 37.6 Å². The molecule has 4 nitrogen and oxygen atoms in total. The van der Waals surface area contributed by atoms with Crippen molar-refractivity contribution < 1.29 is 4.74 Å². The number of rotatable bonds is 5. The first-order valence-electron chi connectivity index (χ1n) is 7.99. The Morgan fingerprint density at radius 1 is 1.43 bits per heavy atom. The van der Waals surface area contributed by atoms with Gasteiger partial charge in [0.1, 0.15) is 5.82 Å². The Bertz CT molecular complexity index is 461. The van der Waals surface area contributed by atoms with Crippen LogP contribution in [-0.4, -0.2) is 37.3 Å². The lowest BCUT2D eigenvalue weighted by molar-refractivity contribution is 0.0496. The molecule has 2 heterocycles. The smallest absolute Gasteiger partial charge is 0.128 e.